The molecule has 0 aliphatic carbocycles. The molecule has 0 aromatic carbocycles. The molecular formula is C23H18N10O2. The number of morpholine rings is 1. The van der Waals surface area contributed by atoms with Crippen molar-refractivity contribution >= 4 is 39.5 Å². The Morgan fingerprint density at radius 2 is 1.91 bits per heavy atom. The molecule has 1 aliphatic heterocycles. The summed E-state index contributed by atoms with van der Waals surface area (Å²) in [4.78, 5) is 38.4. The minimum Gasteiger partial charge on any atom is -0.378 e. The van der Waals surface area contributed by atoms with Crippen LogP contribution in [0.25, 0.3) is 49.6 Å². The van der Waals surface area contributed by atoms with E-state index in [0.29, 0.717) is 65.9 Å². The molecule has 6 rings (SSSR count). The van der Waals surface area contributed by atoms with E-state index < -0.39 is 0 Å². The van der Waals surface area contributed by atoms with E-state index in [1.165, 1.54) is 6.20 Å². The Labute approximate surface area is 198 Å². The van der Waals surface area contributed by atoms with E-state index in [1.807, 2.05) is 12.1 Å². The molecular weight excluding hydrogens is 448 g/mol. The molecule has 0 atom stereocenters. The second-order valence-electron chi connectivity index (χ2n) is 7.94. The number of urea groups is 1. The van der Waals surface area contributed by atoms with Gasteiger partial charge in [-0.2, -0.15) is 5.10 Å². The van der Waals surface area contributed by atoms with Crippen LogP contribution in [0.2, 0.25) is 0 Å². The standard InChI is InChI=1S/C23H18N10O2/c1-24-17-11-26-12-18-20(17)30-22(29-18)19-16-7-14(9-27-21(16)32-31-19)13-6-15(10-25-8-13)28-23(34)33-2-4-35-5-3-33/h6-12H,2-5H2,(H,28,34)(H,29,30)(H,27,31,32). The summed E-state index contributed by atoms with van der Waals surface area (Å²) in [5.41, 5.74) is 4.92. The number of aromatic nitrogens is 7. The number of amides is 2. The predicted molar refractivity (Wildman–Crippen MR) is 128 cm³/mol. The van der Waals surface area contributed by atoms with Crippen LogP contribution >= 0.6 is 0 Å². The molecule has 172 valence electrons. The van der Waals surface area contributed by atoms with Crippen LogP contribution in [0.3, 0.4) is 0 Å². The quantitative estimate of drug-likeness (QED) is 0.346. The van der Waals surface area contributed by atoms with Crippen molar-refractivity contribution in [3.05, 3.63) is 54.5 Å². The number of hydrogen-bond donors (Lipinski definition) is 3. The van der Waals surface area contributed by atoms with E-state index in [0.717, 1.165) is 16.5 Å². The smallest absolute Gasteiger partial charge is 0.322 e. The van der Waals surface area contributed by atoms with Gasteiger partial charge in [-0.25, -0.2) is 19.6 Å². The largest absolute Gasteiger partial charge is 0.378 e. The number of anilines is 1. The van der Waals surface area contributed by atoms with Crippen molar-refractivity contribution < 1.29 is 9.53 Å². The third kappa shape index (κ3) is 3.79. The average Bonchev–Trinajstić information content (AvgIpc) is 3.53. The Morgan fingerprint density at radius 3 is 2.77 bits per heavy atom. The molecule has 2 amide bonds. The van der Waals surface area contributed by atoms with Crippen LogP contribution in [0.5, 0.6) is 0 Å². The number of nitrogens with zero attached hydrogens (tertiary/aromatic N) is 7. The van der Waals surface area contributed by atoms with Gasteiger partial charge in [0.15, 0.2) is 11.5 Å². The molecule has 6 heterocycles. The number of aromatic amines is 2. The van der Waals surface area contributed by atoms with Gasteiger partial charge < -0.3 is 19.9 Å². The first-order valence-corrected chi connectivity index (χ1v) is 10.8. The van der Waals surface area contributed by atoms with Crippen LogP contribution in [-0.4, -0.2) is 72.4 Å². The molecule has 12 nitrogen and oxygen atoms in total. The molecule has 0 bridgehead atoms. The highest BCUT2D eigenvalue weighted by molar-refractivity contribution is 5.96. The van der Waals surface area contributed by atoms with E-state index in [1.54, 1.807) is 29.7 Å². The van der Waals surface area contributed by atoms with Gasteiger partial charge in [0.25, 0.3) is 0 Å². The first-order chi connectivity index (χ1) is 17.2. The molecule has 1 aliphatic rings. The van der Waals surface area contributed by atoms with Crippen molar-refractivity contribution in [1.29, 1.82) is 0 Å². The number of ether oxygens (including phenoxy) is 1. The Morgan fingerprint density at radius 1 is 1.09 bits per heavy atom. The molecule has 3 N–H and O–H groups in total. The maximum atomic E-state index is 12.6. The first kappa shape index (κ1) is 20.7. The zero-order valence-electron chi connectivity index (χ0n) is 18.3. The Balaban J connectivity index is 1.33. The number of H-pyrrole nitrogens is 2. The van der Waals surface area contributed by atoms with Crippen LogP contribution in [0.15, 0.2) is 43.1 Å². The van der Waals surface area contributed by atoms with Crippen LogP contribution in [0.4, 0.5) is 16.2 Å². The lowest BCUT2D eigenvalue weighted by Crippen LogP contribution is -2.43. The summed E-state index contributed by atoms with van der Waals surface area (Å²) in [6.45, 7) is 9.52. The average molecular weight is 466 g/mol. The lowest BCUT2D eigenvalue weighted by atomic mass is 10.1. The number of pyridine rings is 3. The maximum Gasteiger partial charge on any atom is 0.322 e. The minimum absolute atomic E-state index is 0.184. The molecule has 35 heavy (non-hydrogen) atoms. The summed E-state index contributed by atoms with van der Waals surface area (Å²) in [5.74, 6) is 0.531. The molecule has 5 aromatic heterocycles. The van der Waals surface area contributed by atoms with E-state index in [-0.39, 0.29) is 6.03 Å². The number of rotatable bonds is 3. The van der Waals surface area contributed by atoms with Gasteiger partial charge >= 0.3 is 6.03 Å². The van der Waals surface area contributed by atoms with Crippen molar-refractivity contribution in [2.45, 2.75) is 0 Å². The zero-order valence-corrected chi connectivity index (χ0v) is 18.3. The fourth-order valence-electron chi connectivity index (χ4n) is 3.99. The fourth-order valence-corrected chi connectivity index (χ4v) is 3.99. The number of nitrogens with one attached hydrogen (secondary N) is 3. The van der Waals surface area contributed by atoms with Crippen molar-refractivity contribution in [3.8, 4) is 22.6 Å². The first-order valence-electron chi connectivity index (χ1n) is 10.8. The van der Waals surface area contributed by atoms with Gasteiger partial charge in [0.05, 0.1) is 48.1 Å². The van der Waals surface area contributed by atoms with E-state index >= 15 is 0 Å². The SMILES string of the molecule is [C-]#[N+]c1cncc2[nH]c(-c3[nH]nc4ncc(-c5cncc(NC(=O)N6CCOCC6)c5)cc34)nc12. The van der Waals surface area contributed by atoms with Gasteiger partial charge in [0, 0.05) is 49.0 Å². The summed E-state index contributed by atoms with van der Waals surface area (Å²) < 4.78 is 5.30. The molecule has 0 unspecified atom stereocenters. The van der Waals surface area contributed by atoms with Gasteiger partial charge in [0.2, 0.25) is 5.69 Å². The Hall–Kier alpha value is -4.89. The van der Waals surface area contributed by atoms with Crippen LogP contribution in [0.1, 0.15) is 0 Å². The topological polar surface area (TPSA) is 142 Å². The Kier molecular flexibility index (Phi) is 5.01. The summed E-state index contributed by atoms with van der Waals surface area (Å²) in [6.07, 6.45) is 8.14. The molecule has 1 fully saturated rings. The van der Waals surface area contributed by atoms with Gasteiger partial charge in [-0.05, 0) is 12.1 Å². The summed E-state index contributed by atoms with van der Waals surface area (Å²) in [6, 6.07) is 3.60. The lowest BCUT2D eigenvalue weighted by Gasteiger charge is -2.26. The van der Waals surface area contributed by atoms with Crippen LogP contribution in [-0.2, 0) is 4.74 Å². The van der Waals surface area contributed by atoms with Crippen LogP contribution in [0, 0.1) is 6.57 Å². The van der Waals surface area contributed by atoms with Crippen molar-refractivity contribution in [2.24, 2.45) is 0 Å². The van der Waals surface area contributed by atoms with E-state index in [9.17, 15) is 4.79 Å². The molecule has 5 aromatic rings. The van der Waals surface area contributed by atoms with Gasteiger partial charge in [-0.3, -0.25) is 15.1 Å². The number of imidazole rings is 1. The van der Waals surface area contributed by atoms with E-state index in [2.05, 4.69) is 45.3 Å². The van der Waals surface area contributed by atoms with Crippen molar-refractivity contribution in [2.75, 3.05) is 31.6 Å². The monoisotopic (exact) mass is 466 g/mol. The highest BCUT2D eigenvalue weighted by atomic mass is 16.5. The molecule has 1 saturated heterocycles. The highest BCUT2D eigenvalue weighted by Crippen LogP contribution is 2.31. The third-order valence-electron chi connectivity index (χ3n) is 5.76. The van der Waals surface area contributed by atoms with Gasteiger partial charge in [-0.15, -0.1) is 0 Å². The van der Waals surface area contributed by atoms with Crippen LogP contribution < -0.4 is 5.32 Å². The minimum atomic E-state index is -0.184. The number of fused-ring (bicyclic) bond motifs is 2. The molecule has 0 saturated carbocycles. The zero-order chi connectivity index (χ0) is 23.8. The van der Waals surface area contributed by atoms with Gasteiger partial charge in [-0.1, -0.05) is 0 Å². The lowest BCUT2D eigenvalue weighted by molar-refractivity contribution is 0.0564. The van der Waals surface area contributed by atoms with Gasteiger partial charge in [0.1, 0.15) is 5.69 Å². The van der Waals surface area contributed by atoms with E-state index in [4.69, 9.17) is 11.3 Å². The van der Waals surface area contributed by atoms with Crippen molar-refractivity contribution in [3.63, 3.8) is 0 Å². The highest BCUT2D eigenvalue weighted by Gasteiger charge is 2.18. The number of carbonyl (C=O) groups is 1. The van der Waals surface area contributed by atoms with Crippen molar-refractivity contribution in [1.82, 2.24) is 40.0 Å². The summed E-state index contributed by atoms with van der Waals surface area (Å²) in [5, 5.41) is 10.9. The Bertz CT molecular complexity index is 1610. The summed E-state index contributed by atoms with van der Waals surface area (Å²) >= 11 is 0. The summed E-state index contributed by atoms with van der Waals surface area (Å²) in [7, 11) is 0. The fraction of sp³-hybridized carbons (Fsp3) is 0.174. The second kappa shape index (κ2) is 8.47. The number of carbonyl (C=O) groups excluding carboxylic acids is 1. The molecule has 0 spiro atoms. The maximum absolute atomic E-state index is 12.6. The number of hydrogen-bond acceptors (Lipinski definition) is 7. The normalized spacial score (nSPS) is 13.7. The third-order valence-corrected chi connectivity index (χ3v) is 5.76. The second-order valence-corrected chi connectivity index (χ2v) is 7.94. The molecule has 0 radical (unpaired) electrons. The molecule has 12 heteroatoms. The predicted octanol–water partition coefficient (Wildman–Crippen LogP) is 3.37.